The van der Waals surface area contributed by atoms with E-state index in [1.54, 1.807) is 26.0 Å². The normalized spacial score (nSPS) is 18.3. The molecule has 1 fully saturated rings. The van der Waals surface area contributed by atoms with E-state index in [0.717, 1.165) is 11.1 Å². The molecule has 3 rings (SSSR count). The van der Waals surface area contributed by atoms with E-state index in [1.807, 2.05) is 6.08 Å². The first-order valence-electron chi connectivity index (χ1n) is 8.16. The number of anilines is 1. The van der Waals surface area contributed by atoms with Crippen molar-refractivity contribution in [1.29, 1.82) is 0 Å². The van der Waals surface area contributed by atoms with E-state index in [9.17, 15) is 10.0 Å². The maximum atomic E-state index is 12.3. The number of nitrogens with zero attached hydrogens (tertiary/aromatic N) is 1. The lowest BCUT2D eigenvalue weighted by Gasteiger charge is -2.21. The zero-order chi connectivity index (χ0) is 18.8. The van der Waals surface area contributed by atoms with E-state index < -0.39 is 0 Å². The van der Waals surface area contributed by atoms with Crippen molar-refractivity contribution in [3.63, 3.8) is 0 Å². The molecule has 1 aliphatic heterocycles. The Kier molecular flexibility index (Phi) is 5.13. The second kappa shape index (κ2) is 7.33. The van der Waals surface area contributed by atoms with Crippen LogP contribution in [0.2, 0.25) is 0 Å². The molecule has 0 amide bonds. The third kappa shape index (κ3) is 3.50. The molecule has 0 radical (unpaired) electrons. The van der Waals surface area contributed by atoms with Gasteiger partial charge >= 0.3 is 0 Å². The highest BCUT2D eigenvalue weighted by Gasteiger charge is 2.28. The predicted octanol–water partition coefficient (Wildman–Crippen LogP) is 3.50. The van der Waals surface area contributed by atoms with Gasteiger partial charge in [-0.15, -0.1) is 0 Å². The van der Waals surface area contributed by atoms with Crippen LogP contribution in [0, 0.1) is 19.1 Å². The molecule has 7 nitrogen and oxygen atoms in total. The third-order valence-corrected chi connectivity index (χ3v) is 4.44. The molecule has 7 heteroatoms. The Labute approximate surface area is 150 Å². The lowest BCUT2D eigenvalue weighted by atomic mass is 10.0. The molecule has 1 aromatic heterocycles. The van der Waals surface area contributed by atoms with Gasteiger partial charge in [-0.25, -0.2) is 0 Å². The van der Waals surface area contributed by atoms with Crippen molar-refractivity contribution >= 4 is 11.8 Å². The lowest BCUT2D eigenvalue weighted by Crippen LogP contribution is -2.15. The number of hydrogen-bond acceptors (Lipinski definition) is 7. The topological polar surface area (TPSA) is 95.2 Å². The smallest absolute Gasteiger partial charge is 0.291 e. The van der Waals surface area contributed by atoms with Crippen LogP contribution < -0.4 is 15.4 Å². The first-order chi connectivity index (χ1) is 12.4. The van der Waals surface area contributed by atoms with Crippen LogP contribution in [0.3, 0.4) is 0 Å². The maximum absolute atomic E-state index is 12.3. The first-order valence-corrected chi connectivity index (χ1v) is 8.16. The SMILES string of the molecule is COc1oc([C@H]2C/C(=C/c3ccc(N([O-])O)cc3)CO2)c(C)c(=O)c1C. The Hall–Kier alpha value is -2.61. The minimum atomic E-state index is -0.350. The van der Waals surface area contributed by atoms with Gasteiger partial charge in [0.15, 0.2) is 5.43 Å². The van der Waals surface area contributed by atoms with E-state index in [2.05, 4.69) is 0 Å². The number of benzene rings is 1. The molecule has 1 N–H and O–H groups in total. The third-order valence-electron chi connectivity index (χ3n) is 4.44. The summed E-state index contributed by atoms with van der Waals surface area (Å²) in [7, 11) is 1.46. The first kappa shape index (κ1) is 18.2. The fraction of sp³-hybridized carbons (Fsp3) is 0.316. The molecule has 0 saturated carbocycles. The van der Waals surface area contributed by atoms with Gasteiger partial charge in [-0.05, 0) is 37.1 Å². The van der Waals surface area contributed by atoms with Crippen LogP contribution in [0.1, 0.15) is 35.0 Å². The summed E-state index contributed by atoms with van der Waals surface area (Å²) in [6, 6.07) is 6.52. The van der Waals surface area contributed by atoms with Gasteiger partial charge < -0.3 is 24.3 Å². The molecule has 1 saturated heterocycles. The van der Waals surface area contributed by atoms with E-state index in [0.29, 0.717) is 29.9 Å². The average molecular weight is 358 g/mol. The van der Waals surface area contributed by atoms with Gasteiger partial charge in [0.2, 0.25) is 0 Å². The van der Waals surface area contributed by atoms with Crippen LogP contribution in [-0.4, -0.2) is 18.9 Å². The quantitative estimate of drug-likeness (QED) is 0.836. The van der Waals surface area contributed by atoms with E-state index in [1.165, 1.54) is 19.2 Å². The largest absolute Gasteiger partial charge is 0.733 e. The van der Waals surface area contributed by atoms with Crippen molar-refractivity contribution in [1.82, 2.24) is 0 Å². The maximum Gasteiger partial charge on any atom is 0.291 e. The summed E-state index contributed by atoms with van der Waals surface area (Å²) in [4.78, 5) is 12.3. The van der Waals surface area contributed by atoms with Gasteiger partial charge in [0, 0.05) is 12.0 Å². The van der Waals surface area contributed by atoms with Crippen LogP contribution in [0.15, 0.2) is 39.1 Å². The van der Waals surface area contributed by atoms with Crippen LogP contribution >= 0.6 is 0 Å². The van der Waals surface area contributed by atoms with Crippen LogP contribution in [0.25, 0.3) is 6.08 Å². The van der Waals surface area contributed by atoms with Crippen molar-refractivity contribution in [3.8, 4) is 5.95 Å². The van der Waals surface area contributed by atoms with Gasteiger partial charge in [0.25, 0.3) is 5.95 Å². The average Bonchev–Trinajstić information content (AvgIpc) is 3.08. The summed E-state index contributed by atoms with van der Waals surface area (Å²) >= 11 is 0. The lowest BCUT2D eigenvalue weighted by molar-refractivity contribution is 0.0880. The Morgan fingerprint density at radius 3 is 2.58 bits per heavy atom. The van der Waals surface area contributed by atoms with Crippen molar-refractivity contribution < 1.29 is 19.1 Å². The van der Waals surface area contributed by atoms with Crippen LogP contribution in [-0.2, 0) is 4.74 Å². The number of methoxy groups -OCH3 is 1. The zero-order valence-electron chi connectivity index (χ0n) is 14.8. The summed E-state index contributed by atoms with van der Waals surface area (Å²) in [5.74, 6) is 0.692. The van der Waals surface area contributed by atoms with Gasteiger partial charge in [0.05, 0.1) is 25.0 Å². The van der Waals surface area contributed by atoms with Gasteiger partial charge in [-0.2, -0.15) is 0 Å². The molecule has 0 spiro atoms. The molecular formula is C19H20NO6-. The number of ether oxygens (including phenoxy) is 2. The minimum absolute atomic E-state index is 0.106. The molecule has 0 bridgehead atoms. The highest BCUT2D eigenvalue weighted by Crippen LogP contribution is 2.36. The van der Waals surface area contributed by atoms with Crippen LogP contribution in [0.5, 0.6) is 5.95 Å². The standard InChI is InChI=1S/C19H20NO6/c1-11-17(21)12(2)19(24-3)26-18(11)16-9-14(10-25-16)8-13-4-6-15(7-5-13)20(22)23/h4-8,16,22H,9-10H2,1-3H3/q-1/b14-8-/t16-/m1/s1. The van der Waals surface area contributed by atoms with Gasteiger partial charge in [0.1, 0.15) is 11.9 Å². The molecule has 1 aromatic carbocycles. The number of rotatable bonds is 4. The van der Waals surface area contributed by atoms with E-state index in [-0.39, 0.29) is 28.4 Å². The second-order valence-corrected chi connectivity index (χ2v) is 6.21. The van der Waals surface area contributed by atoms with Gasteiger partial charge in [-0.1, -0.05) is 18.2 Å². The zero-order valence-corrected chi connectivity index (χ0v) is 14.8. The highest BCUT2D eigenvalue weighted by atomic mass is 16.8. The van der Waals surface area contributed by atoms with E-state index in [4.69, 9.17) is 19.1 Å². The van der Waals surface area contributed by atoms with E-state index >= 15 is 0 Å². The van der Waals surface area contributed by atoms with Crippen LogP contribution in [0.4, 0.5) is 5.69 Å². The molecule has 0 aliphatic carbocycles. The Morgan fingerprint density at radius 2 is 1.96 bits per heavy atom. The molecule has 0 unspecified atom stereocenters. The molecule has 138 valence electrons. The molecule has 2 heterocycles. The van der Waals surface area contributed by atoms with Crippen molar-refractivity contribution in [2.45, 2.75) is 26.4 Å². The Bertz CT molecular complexity index is 882. The Balaban J connectivity index is 1.82. The minimum Gasteiger partial charge on any atom is -0.733 e. The summed E-state index contributed by atoms with van der Waals surface area (Å²) < 4.78 is 16.7. The monoisotopic (exact) mass is 358 g/mol. The molecular weight excluding hydrogens is 338 g/mol. The predicted molar refractivity (Wildman–Crippen MR) is 96.4 cm³/mol. The molecule has 1 atom stereocenters. The summed E-state index contributed by atoms with van der Waals surface area (Å²) in [6.07, 6.45) is 2.19. The Morgan fingerprint density at radius 1 is 1.27 bits per heavy atom. The summed E-state index contributed by atoms with van der Waals surface area (Å²) in [5.41, 5.74) is 2.95. The van der Waals surface area contributed by atoms with Crippen molar-refractivity contribution in [2.24, 2.45) is 0 Å². The molecule has 2 aromatic rings. The number of hydrogen-bond donors (Lipinski definition) is 1. The molecule has 1 aliphatic rings. The highest BCUT2D eigenvalue weighted by molar-refractivity contribution is 5.58. The second-order valence-electron chi connectivity index (χ2n) is 6.21. The van der Waals surface area contributed by atoms with Crippen molar-refractivity contribution in [2.75, 3.05) is 18.9 Å². The summed E-state index contributed by atoms with van der Waals surface area (Å²) in [6.45, 7) is 3.81. The fourth-order valence-corrected chi connectivity index (χ4v) is 3.01. The van der Waals surface area contributed by atoms with Crippen molar-refractivity contribution in [3.05, 3.63) is 67.7 Å². The van der Waals surface area contributed by atoms with Gasteiger partial charge in [-0.3, -0.25) is 10.0 Å². The molecule has 26 heavy (non-hydrogen) atoms. The summed E-state index contributed by atoms with van der Waals surface area (Å²) in [5, 5.41) is 19.5. The fourth-order valence-electron chi connectivity index (χ4n) is 3.01.